The third-order valence-electron chi connectivity index (χ3n) is 3.46. The van der Waals surface area contributed by atoms with Crippen LogP contribution in [0.2, 0.25) is 0 Å². The second-order valence-electron chi connectivity index (χ2n) is 4.80. The molecule has 0 aromatic carbocycles. The molecule has 3 nitrogen and oxygen atoms in total. The second kappa shape index (κ2) is 6.50. The lowest BCUT2D eigenvalue weighted by atomic mass is 10.2. The molecule has 3 rings (SSSR count). The smallest absolute Gasteiger partial charge is 0.227 e. The van der Waals surface area contributed by atoms with Gasteiger partial charge >= 0.3 is 0 Å². The Bertz CT molecular complexity index is 536. The van der Waals surface area contributed by atoms with Crippen molar-refractivity contribution < 1.29 is 9.21 Å². The largest absolute Gasteiger partial charge is 0.468 e. The number of rotatable bonds is 3. The first kappa shape index (κ1) is 13.8. The standard InChI is InChI=1S/C15H17NO2S2/c17-15(11-12-3-2-9-19-12)16-6-5-14(20-10-7-16)13-4-1-8-18-13/h1-4,8-9,14H,5-7,10-11H2/t14-/m1/s1. The fourth-order valence-corrected chi connectivity index (χ4v) is 4.27. The number of nitrogens with zero attached hydrogens (tertiary/aromatic N) is 1. The molecule has 3 heterocycles. The number of hydrogen-bond acceptors (Lipinski definition) is 4. The molecule has 0 spiro atoms. The van der Waals surface area contributed by atoms with Crippen LogP contribution >= 0.6 is 23.1 Å². The van der Waals surface area contributed by atoms with Crippen molar-refractivity contribution in [1.82, 2.24) is 4.90 Å². The minimum Gasteiger partial charge on any atom is -0.468 e. The Labute approximate surface area is 127 Å². The summed E-state index contributed by atoms with van der Waals surface area (Å²) >= 11 is 3.54. The molecule has 1 aliphatic rings. The Hall–Kier alpha value is -1.20. The maximum absolute atomic E-state index is 12.3. The zero-order chi connectivity index (χ0) is 13.8. The molecule has 2 aromatic heterocycles. The van der Waals surface area contributed by atoms with Gasteiger partial charge in [-0.05, 0) is 30.0 Å². The predicted molar refractivity (Wildman–Crippen MR) is 83.1 cm³/mol. The average Bonchev–Trinajstić information content (AvgIpc) is 3.09. The number of amides is 1. The van der Waals surface area contributed by atoms with Gasteiger partial charge < -0.3 is 9.32 Å². The maximum Gasteiger partial charge on any atom is 0.227 e. The zero-order valence-electron chi connectivity index (χ0n) is 11.2. The van der Waals surface area contributed by atoms with Crippen LogP contribution in [0.15, 0.2) is 40.3 Å². The summed E-state index contributed by atoms with van der Waals surface area (Å²) in [7, 11) is 0. The van der Waals surface area contributed by atoms with E-state index in [1.807, 2.05) is 46.3 Å². The van der Waals surface area contributed by atoms with Gasteiger partial charge in [-0.1, -0.05) is 6.07 Å². The van der Waals surface area contributed by atoms with Gasteiger partial charge in [0.15, 0.2) is 0 Å². The van der Waals surface area contributed by atoms with Gasteiger partial charge in [0.05, 0.1) is 17.9 Å². The number of thioether (sulfide) groups is 1. The molecule has 0 saturated carbocycles. The summed E-state index contributed by atoms with van der Waals surface area (Å²) in [5.41, 5.74) is 0. The third kappa shape index (κ3) is 3.27. The van der Waals surface area contributed by atoms with Gasteiger partial charge in [0.25, 0.3) is 0 Å². The van der Waals surface area contributed by atoms with Crippen LogP contribution in [0.3, 0.4) is 0 Å². The van der Waals surface area contributed by atoms with E-state index < -0.39 is 0 Å². The fourth-order valence-electron chi connectivity index (χ4n) is 2.40. The highest BCUT2D eigenvalue weighted by Crippen LogP contribution is 2.34. The van der Waals surface area contributed by atoms with Gasteiger partial charge in [-0.25, -0.2) is 0 Å². The first-order chi connectivity index (χ1) is 9.83. The molecule has 1 aliphatic heterocycles. The van der Waals surface area contributed by atoms with Crippen LogP contribution in [0.25, 0.3) is 0 Å². The van der Waals surface area contributed by atoms with Crippen molar-refractivity contribution >= 4 is 29.0 Å². The van der Waals surface area contributed by atoms with Gasteiger partial charge in [0.2, 0.25) is 5.91 Å². The van der Waals surface area contributed by atoms with Gasteiger partial charge in [0, 0.05) is 23.7 Å². The SMILES string of the molecule is O=C(Cc1cccs1)N1CCS[C@@H](c2ccco2)CC1. The summed E-state index contributed by atoms with van der Waals surface area (Å²) in [4.78, 5) is 15.5. The monoisotopic (exact) mass is 307 g/mol. The van der Waals surface area contributed by atoms with Crippen molar-refractivity contribution in [3.05, 3.63) is 46.5 Å². The zero-order valence-corrected chi connectivity index (χ0v) is 12.8. The van der Waals surface area contributed by atoms with E-state index in [0.717, 1.165) is 35.9 Å². The minimum atomic E-state index is 0.244. The number of carbonyl (C=O) groups is 1. The molecule has 106 valence electrons. The molecule has 1 saturated heterocycles. The van der Waals surface area contributed by atoms with Crippen LogP contribution in [-0.4, -0.2) is 29.6 Å². The Morgan fingerprint density at radius 1 is 1.35 bits per heavy atom. The first-order valence-corrected chi connectivity index (χ1v) is 8.71. The Morgan fingerprint density at radius 3 is 3.05 bits per heavy atom. The molecule has 0 bridgehead atoms. The molecular weight excluding hydrogens is 290 g/mol. The summed E-state index contributed by atoms with van der Waals surface area (Å²) < 4.78 is 5.49. The summed E-state index contributed by atoms with van der Waals surface area (Å²) in [6.07, 6.45) is 3.22. The maximum atomic E-state index is 12.3. The molecule has 1 amide bonds. The first-order valence-electron chi connectivity index (χ1n) is 6.78. The number of carbonyl (C=O) groups excluding carboxylic acids is 1. The van der Waals surface area contributed by atoms with Gasteiger partial charge in [-0.2, -0.15) is 0 Å². The lowest BCUT2D eigenvalue weighted by Crippen LogP contribution is -2.33. The molecule has 0 radical (unpaired) electrons. The van der Waals surface area contributed by atoms with E-state index in [9.17, 15) is 4.79 Å². The summed E-state index contributed by atoms with van der Waals surface area (Å²) in [6.45, 7) is 1.66. The van der Waals surface area contributed by atoms with Crippen molar-refractivity contribution in [2.24, 2.45) is 0 Å². The van der Waals surface area contributed by atoms with E-state index in [0.29, 0.717) is 11.7 Å². The van der Waals surface area contributed by atoms with E-state index in [1.54, 1.807) is 17.6 Å². The van der Waals surface area contributed by atoms with Gasteiger partial charge in [0.1, 0.15) is 5.76 Å². The van der Waals surface area contributed by atoms with Gasteiger partial charge in [-0.3, -0.25) is 4.79 Å². The Morgan fingerprint density at radius 2 is 2.30 bits per heavy atom. The molecule has 1 atom stereocenters. The lowest BCUT2D eigenvalue weighted by Gasteiger charge is -2.19. The molecule has 1 fully saturated rings. The highest BCUT2D eigenvalue weighted by atomic mass is 32.2. The number of thiophene rings is 1. The van der Waals surface area contributed by atoms with Crippen LogP contribution in [0.5, 0.6) is 0 Å². The molecule has 0 unspecified atom stereocenters. The average molecular weight is 307 g/mol. The van der Waals surface area contributed by atoms with Crippen molar-refractivity contribution in [2.75, 3.05) is 18.8 Å². The van der Waals surface area contributed by atoms with Crippen LogP contribution < -0.4 is 0 Å². The Balaban J connectivity index is 1.58. The molecule has 2 aromatic rings. The van der Waals surface area contributed by atoms with Crippen molar-refractivity contribution in [1.29, 1.82) is 0 Å². The van der Waals surface area contributed by atoms with E-state index in [1.165, 1.54) is 0 Å². The molecule has 5 heteroatoms. The summed E-state index contributed by atoms with van der Waals surface area (Å²) in [6, 6.07) is 7.99. The van der Waals surface area contributed by atoms with Crippen LogP contribution in [0.4, 0.5) is 0 Å². The second-order valence-corrected chi connectivity index (χ2v) is 7.14. The van der Waals surface area contributed by atoms with Crippen LogP contribution in [-0.2, 0) is 11.2 Å². The van der Waals surface area contributed by atoms with Gasteiger partial charge in [-0.15, -0.1) is 23.1 Å². The topological polar surface area (TPSA) is 33.5 Å². The van der Waals surface area contributed by atoms with Crippen molar-refractivity contribution in [2.45, 2.75) is 18.1 Å². The van der Waals surface area contributed by atoms with Crippen molar-refractivity contribution in [3.63, 3.8) is 0 Å². The number of hydrogen-bond donors (Lipinski definition) is 0. The van der Waals surface area contributed by atoms with E-state index in [2.05, 4.69) is 0 Å². The minimum absolute atomic E-state index is 0.244. The van der Waals surface area contributed by atoms with E-state index >= 15 is 0 Å². The van der Waals surface area contributed by atoms with Crippen LogP contribution in [0, 0.1) is 0 Å². The van der Waals surface area contributed by atoms with E-state index in [-0.39, 0.29) is 5.91 Å². The fraction of sp³-hybridized carbons (Fsp3) is 0.400. The molecule has 20 heavy (non-hydrogen) atoms. The molecule has 0 aliphatic carbocycles. The summed E-state index contributed by atoms with van der Waals surface area (Å²) in [5.74, 6) is 2.25. The van der Waals surface area contributed by atoms with Crippen LogP contribution in [0.1, 0.15) is 22.3 Å². The molecular formula is C15H17NO2S2. The predicted octanol–water partition coefficient (Wildman–Crippen LogP) is 3.59. The van der Waals surface area contributed by atoms with Crippen molar-refractivity contribution in [3.8, 4) is 0 Å². The highest BCUT2D eigenvalue weighted by molar-refractivity contribution is 7.99. The lowest BCUT2D eigenvalue weighted by molar-refractivity contribution is -0.130. The Kier molecular flexibility index (Phi) is 4.47. The molecule has 0 N–H and O–H groups in total. The van der Waals surface area contributed by atoms with E-state index in [4.69, 9.17) is 4.42 Å². The highest BCUT2D eigenvalue weighted by Gasteiger charge is 2.23. The summed E-state index contributed by atoms with van der Waals surface area (Å²) in [5, 5.41) is 2.40. The third-order valence-corrected chi connectivity index (χ3v) is 5.63. The normalized spacial score (nSPS) is 19.8. The quantitative estimate of drug-likeness (QED) is 0.869. The number of furan rings is 1.